The van der Waals surface area contributed by atoms with Crippen molar-refractivity contribution in [3.8, 4) is 0 Å². The predicted molar refractivity (Wildman–Crippen MR) is 94.6 cm³/mol. The lowest BCUT2D eigenvalue weighted by Gasteiger charge is -2.18. The molecule has 1 amide bonds. The Kier molecular flexibility index (Phi) is 5.99. The number of sulfonamides is 1. The molecule has 128 valence electrons. The SMILES string of the molecule is CCNS(=O)(=O)c1cccc(C(=O)N(C)Cc2ccccc2Cl)c1. The topological polar surface area (TPSA) is 66.5 Å². The van der Waals surface area contributed by atoms with Gasteiger partial charge in [0.05, 0.1) is 4.90 Å². The van der Waals surface area contributed by atoms with E-state index < -0.39 is 10.0 Å². The van der Waals surface area contributed by atoms with Gasteiger partial charge in [-0.2, -0.15) is 0 Å². The monoisotopic (exact) mass is 366 g/mol. The number of carbonyl (C=O) groups excluding carboxylic acids is 1. The van der Waals surface area contributed by atoms with Gasteiger partial charge in [0.15, 0.2) is 0 Å². The van der Waals surface area contributed by atoms with Gasteiger partial charge in [0.1, 0.15) is 0 Å². The van der Waals surface area contributed by atoms with E-state index in [-0.39, 0.29) is 17.3 Å². The molecule has 0 fully saturated rings. The number of benzene rings is 2. The largest absolute Gasteiger partial charge is 0.337 e. The molecule has 0 bridgehead atoms. The fraction of sp³-hybridized carbons (Fsp3) is 0.235. The molecule has 2 aromatic rings. The second-order valence-electron chi connectivity index (χ2n) is 5.28. The maximum absolute atomic E-state index is 12.6. The van der Waals surface area contributed by atoms with Gasteiger partial charge in [-0.25, -0.2) is 13.1 Å². The lowest BCUT2D eigenvalue weighted by Crippen LogP contribution is -2.27. The first-order valence-corrected chi connectivity index (χ1v) is 9.30. The first kappa shape index (κ1) is 18.4. The molecule has 0 saturated carbocycles. The minimum absolute atomic E-state index is 0.0707. The lowest BCUT2D eigenvalue weighted by molar-refractivity contribution is 0.0785. The molecule has 5 nitrogen and oxygen atoms in total. The molecule has 0 aliphatic rings. The third-order valence-electron chi connectivity index (χ3n) is 3.44. The summed E-state index contributed by atoms with van der Waals surface area (Å²) in [4.78, 5) is 14.1. The Labute approximate surface area is 147 Å². The molecule has 0 radical (unpaired) electrons. The van der Waals surface area contributed by atoms with E-state index in [0.29, 0.717) is 17.1 Å². The average molecular weight is 367 g/mol. The van der Waals surface area contributed by atoms with Crippen LogP contribution in [-0.4, -0.2) is 32.8 Å². The molecule has 2 rings (SSSR count). The number of hydrogen-bond donors (Lipinski definition) is 1. The fourth-order valence-electron chi connectivity index (χ4n) is 2.24. The van der Waals surface area contributed by atoms with Gasteiger partial charge in [-0.05, 0) is 29.8 Å². The van der Waals surface area contributed by atoms with Crippen LogP contribution in [0.25, 0.3) is 0 Å². The molecular weight excluding hydrogens is 348 g/mol. The molecule has 0 saturated heterocycles. The summed E-state index contributed by atoms with van der Waals surface area (Å²) in [5.74, 6) is -0.275. The maximum atomic E-state index is 12.6. The van der Waals surface area contributed by atoms with Crippen molar-refractivity contribution in [2.24, 2.45) is 0 Å². The summed E-state index contributed by atoms with van der Waals surface area (Å²) in [6.45, 7) is 2.32. The minimum atomic E-state index is -3.60. The molecule has 0 aromatic heterocycles. The molecule has 24 heavy (non-hydrogen) atoms. The average Bonchev–Trinajstić information content (AvgIpc) is 2.56. The second-order valence-corrected chi connectivity index (χ2v) is 7.46. The summed E-state index contributed by atoms with van der Waals surface area (Å²) >= 11 is 6.11. The van der Waals surface area contributed by atoms with E-state index in [1.807, 2.05) is 18.2 Å². The quantitative estimate of drug-likeness (QED) is 0.854. The Hall–Kier alpha value is -1.89. The van der Waals surface area contributed by atoms with Gasteiger partial charge in [0, 0.05) is 30.7 Å². The van der Waals surface area contributed by atoms with E-state index in [2.05, 4.69) is 4.72 Å². The molecule has 7 heteroatoms. The molecule has 1 N–H and O–H groups in total. The summed E-state index contributed by atoms with van der Waals surface area (Å²) in [6.07, 6.45) is 0. The van der Waals surface area contributed by atoms with Crippen molar-refractivity contribution in [1.82, 2.24) is 9.62 Å². The van der Waals surface area contributed by atoms with E-state index in [1.165, 1.54) is 17.0 Å². The number of nitrogens with zero attached hydrogens (tertiary/aromatic N) is 1. The van der Waals surface area contributed by atoms with Crippen LogP contribution in [0.5, 0.6) is 0 Å². The van der Waals surface area contributed by atoms with Crippen LogP contribution < -0.4 is 4.72 Å². The number of rotatable bonds is 6. The summed E-state index contributed by atoms with van der Waals surface area (Å²) in [5.41, 5.74) is 1.13. The van der Waals surface area contributed by atoms with Crippen LogP contribution in [0.15, 0.2) is 53.4 Å². The zero-order valence-corrected chi connectivity index (χ0v) is 15.1. The molecule has 0 heterocycles. The standard InChI is InChI=1S/C17H19ClN2O3S/c1-3-19-24(22,23)15-9-6-8-13(11-15)17(21)20(2)12-14-7-4-5-10-16(14)18/h4-11,19H,3,12H2,1-2H3. The Morgan fingerprint density at radius 1 is 1.17 bits per heavy atom. The highest BCUT2D eigenvalue weighted by Gasteiger charge is 2.18. The third kappa shape index (κ3) is 4.35. The number of amides is 1. The van der Waals surface area contributed by atoms with Gasteiger partial charge < -0.3 is 4.90 Å². The van der Waals surface area contributed by atoms with E-state index in [9.17, 15) is 13.2 Å². The van der Waals surface area contributed by atoms with E-state index >= 15 is 0 Å². The van der Waals surface area contributed by atoms with E-state index in [0.717, 1.165) is 5.56 Å². The third-order valence-corrected chi connectivity index (χ3v) is 5.35. The molecule has 0 unspecified atom stereocenters. The van der Waals surface area contributed by atoms with Crippen LogP contribution in [0.3, 0.4) is 0 Å². The fourth-order valence-corrected chi connectivity index (χ4v) is 3.53. The number of hydrogen-bond acceptors (Lipinski definition) is 3. The van der Waals surface area contributed by atoms with Gasteiger partial charge in [-0.1, -0.05) is 42.8 Å². The van der Waals surface area contributed by atoms with Crippen LogP contribution in [0, 0.1) is 0 Å². The Bertz CT molecular complexity index is 837. The van der Waals surface area contributed by atoms with Crippen LogP contribution in [-0.2, 0) is 16.6 Å². The Morgan fingerprint density at radius 3 is 2.54 bits per heavy atom. The Morgan fingerprint density at radius 2 is 1.88 bits per heavy atom. The first-order valence-electron chi connectivity index (χ1n) is 7.43. The van der Waals surface area contributed by atoms with Crippen molar-refractivity contribution in [1.29, 1.82) is 0 Å². The highest BCUT2D eigenvalue weighted by atomic mass is 35.5. The summed E-state index contributed by atoms with van der Waals surface area (Å²) in [5, 5.41) is 0.584. The molecule has 0 aliphatic heterocycles. The summed E-state index contributed by atoms with van der Waals surface area (Å²) in [7, 11) is -1.95. The Balaban J connectivity index is 2.22. The number of halogens is 1. The zero-order valence-electron chi connectivity index (χ0n) is 13.5. The number of nitrogens with one attached hydrogen (secondary N) is 1. The van der Waals surface area contributed by atoms with Crippen molar-refractivity contribution >= 4 is 27.5 Å². The van der Waals surface area contributed by atoms with E-state index in [1.54, 1.807) is 32.2 Å². The second kappa shape index (κ2) is 7.79. The highest BCUT2D eigenvalue weighted by Crippen LogP contribution is 2.18. The normalized spacial score (nSPS) is 11.3. The lowest BCUT2D eigenvalue weighted by atomic mass is 10.1. The summed E-state index contributed by atoms with van der Waals surface area (Å²) < 4.78 is 26.5. The smallest absolute Gasteiger partial charge is 0.253 e. The molecule has 0 aliphatic carbocycles. The van der Waals surface area contributed by atoms with Crippen molar-refractivity contribution < 1.29 is 13.2 Å². The van der Waals surface area contributed by atoms with Crippen LogP contribution in [0.4, 0.5) is 0 Å². The van der Waals surface area contributed by atoms with Gasteiger partial charge in [-0.3, -0.25) is 4.79 Å². The van der Waals surface area contributed by atoms with Crippen molar-refractivity contribution in [2.75, 3.05) is 13.6 Å². The molecule has 0 spiro atoms. The van der Waals surface area contributed by atoms with Crippen LogP contribution >= 0.6 is 11.6 Å². The summed E-state index contributed by atoms with van der Waals surface area (Å²) in [6, 6.07) is 13.3. The highest BCUT2D eigenvalue weighted by molar-refractivity contribution is 7.89. The van der Waals surface area contributed by atoms with Crippen molar-refractivity contribution in [3.05, 3.63) is 64.7 Å². The zero-order chi connectivity index (χ0) is 17.7. The van der Waals surface area contributed by atoms with Crippen LogP contribution in [0.2, 0.25) is 5.02 Å². The van der Waals surface area contributed by atoms with Gasteiger partial charge in [0.2, 0.25) is 10.0 Å². The van der Waals surface area contributed by atoms with E-state index in [4.69, 9.17) is 11.6 Å². The van der Waals surface area contributed by atoms with Gasteiger partial charge in [-0.15, -0.1) is 0 Å². The molecular formula is C17H19ClN2O3S. The minimum Gasteiger partial charge on any atom is -0.337 e. The van der Waals surface area contributed by atoms with Crippen molar-refractivity contribution in [3.63, 3.8) is 0 Å². The molecule has 0 atom stereocenters. The number of carbonyl (C=O) groups is 1. The van der Waals surface area contributed by atoms with Crippen molar-refractivity contribution in [2.45, 2.75) is 18.4 Å². The van der Waals surface area contributed by atoms with Gasteiger partial charge in [0.25, 0.3) is 5.91 Å². The predicted octanol–water partition coefficient (Wildman–Crippen LogP) is 2.91. The first-order chi connectivity index (χ1) is 11.3. The maximum Gasteiger partial charge on any atom is 0.253 e. The molecule has 2 aromatic carbocycles. The van der Waals surface area contributed by atoms with Gasteiger partial charge >= 0.3 is 0 Å². The van der Waals surface area contributed by atoms with Crippen LogP contribution in [0.1, 0.15) is 22.8 Å².